The van der Waals surface area contributed by atoms with Crippen LogP contribution in [0.15, 0.2) is 243 Å². The average Bonchev–Trinajstić information content (AvgIpc) is 0.679. The van der Waals surface area contributed by atoms with Crippen molar-refractivity contribution in [1.82, 2.24) is 59.8 Å². The van der Waals surface area contributed by atoms with Crippen LogP contribution in [-0.4, -0.2) is 85.6 Å². The minimum Gasteiger partial charge on any atom is -0.466 e. The van der Waals surface area contributed by atoms with Crippen molar-refractivity contribution in [2.45, 2.75) is 125 Å². The number of unbranched alkanes of at least 4 members (excludes halogenated alkanes) is 3. The molecule has 0 spiro atoms. The highest BCUT2D eigenvalue weighted by molar-refractivity contribution is 5.92. The number of nitrogens with one attached hydrogen (secondary N) is 6. The first kappa shape index (κ1) is 75.5. The fourth-order valence-electron chi connectivity index (χ4n) is 20.9. The molecule has 122 heavy (non-hydrogen) atoms. The van der Waals surface area contributed by atoms with E-state index in [9.17, 15) is 4.79 Å². The van der Waals surface area contributed by atoms with Crippen LogP contribution in [0.3, 0.4) is 0 Å². The van der Waals surface area contributed by atoms with Crippen molar-refractivity contribution in [1.29, 1.82) is 0 Å². The first-order valence-corrected chi connectivity index (χ1v) is 42.7. The average molecular weight is 1610 g/mol. The molecule has 0 saturated heterocycles. The van der Waals surface area contributed by atoms with Gasteiger partial charge in [0, 0.05) is 41.5 Å². The molecule has 606 valence electrons. The van der Waals surface area contributed by atoms with Gasteiger partial charge in [-0.25, -0.2) is 39.7 Å². The molecule has 4 bridgehead atoms. The summed E-state index contributed by atoms with van der Waals surface area (Å²) in [5.74, 6) is 5.02. The van der Waals surface area contributed by atoms with E-state index in [1.165, 1.54) is 22.3 Å². The lowest BCUT2D eigenvalue weighted by atomic mass is 9.32. The molecule has 2 atom stereocenters. The minimum absolute atomic E-state index is 0.153. The predicted octanol–water partition coefficient (Wildman–Crippen LogP) is 22.0. The number of nitrogens with two attached hydrogens (primary N) is 4. The summed E-state index contributed by atoms with van der Waals surface area (Å²) in [5, 5.41) is 0. The van der Waals surface area contributed by atoms with E-state index < -0.39 is 0 Å². The Morgan fingerprint density at radius 2 is 0.574 bits per heavy atom. The van der Waals surface area contributed by atoms with Crippen molar-refractivity contribution in [3.63, 3.8) is 0 Å². The number of fused-ring (bicyclic) bond motifs is 6. The quantitative estimate of drug-likeness (QED) is 0.00792. The van der Waals surface area contributed by atoms with Crippen molar-refractivity contribution in [3.8, 4) is 90.1 Å². The lowest BCUT2D eigenvalue weighted by Gasteiger charge is -2.71. The van der Waals surface area contributed by atoms with Crippen molar-refractivity contribution in [2.75, 3.05) is 42.8 Å². The van der Waals surface area contributed by atoms with Crippen LogP contribution in [0.2, 0.25) is 0 Å². The number of nitrogens with zero attached hydrogens (tertiary/aromatic N) is 6. The normalized spacial score (nSPS) is 18.1. The number of aromatic amines is 6. The van der Waals surface area contributed by atoms with Gasteiger partial charge in [-0.2, -0.15) is 0 Å². The maximum absolute atomic E-state index is 12.0. The number of aryl methyl sites for hydroxylation is 2. The van der Waals surface area contributed by atoms with E-state index in [1.807, 2.05) is 50.2 Å². The van der Waals surface area contributed by atoms with Crippen molar-refractivity contribution < 1.29 is 19.3 Å². The second kappa shape index (κ2) is 30.4. The second-order valence-corrected chi connectivity index (χ2v) is 34.3. The lowest BCUT2D eigenvalue weighted by Crippen LogP contribution is -2.67. The molecule has 4 fully saturated rings. The third-order valence-electron chi connectivity index (χ3n) is 26.3. The van der Waals surface area contributed by atoms with Gasteiger partial charge in [0.2, 0.25) is 0 Å². The number of nitrogen functional groups attached to an aromatic ring is 4. The Morgan fingerprint density at radius 3 is 0.877 bits per heavy atom. The fraction of sp³-hybridized carbons (Fsp3) is 0.225. The van der Waals surface area contributed by atoms with Gasteiger partial charge in [0.25, 0.3) is 0 Å². The molecule has 22 rings (SSSR count). The Labute approximate surface area is 704 Å². The van der Waals surface area contributed by atoms with Crippen LogP contribution >= 0.6 is 0 Å². The maximum atomic E-state index is 12.0. The van der Waals surface area contributed by atoms with Crippen molar-refractivity contribution >= 4 is 94.9 Å². The zero-order chi connectivity index (χ0) is 82.4. The fourth-order valence-corrected chi connectivity index (χ4v) is 20.9. The molecule has 0 amide bonds. The standard InChI is InChI=1S/C102H94N16O4/c1-3-120-94(119)12-8-7-11-93-108-81-40-24-69(49-87(81)110-93)71-28-44-85-91(53-71)118-98(114-85)63-19-35-75(36-20-63)102-57-99(72-29-13-60(14-30-72)95-111-82-41-25-66(50-88(82)115-95)64-21-37-76(103)78(105)46-64)54-100(58-102,73-31-15-61(16-32-73)96-112-83-42-26-67(51-89(83)116-96)65-22-38-77(104)79(106)47-65)56-101(55-99,59-102)74-33-17-62(18-34-74)97-113-84-43-27-70(52-90(84)117-97)68-23-39-80-86(48-68)109-92(107-80)10-6-5-9-45-122-121-4-2/h13-44,46-53H,3-12,45,54-59,103-106H2,1-2H3,(H,107,109)(H,108,110)(H,111,115)(H,112,116)(H,113,117)(H,114,118). The molecular weight excluding hydrogens is 1510 g/mol. The molecule has 20 nitrogen and oxygen atoms in total. The molecule has 2 unspecified atom stereocenters. The summed E-state index contributed by atoms with van der Waals surface area (Å²) in [6.07, 6.45) is 12.4. The van der Waals surface area contributed by atoms with Gasteiger partial charge in [-0.15, -0.1) is 0 Å². The molecule has 20 heteroatoms. The van der Waals surface area contributed by atoms with Gasteiger partial charge in [-0.3, -0.25) is 4.79 Å². The summed E-state index contributed by atoms with van der Waals surface area (Å²) in [5.41, 5.74) is 55.1. The Morgan fingerprint density at radius 1 is 0.295 bits per heavy atom. The molecule has 4 aliphatic rings. The molecule has 6 heterocycles. The SMILES string of the molecule is CCOOCCCCCc1nc2ccc(-c3ccc4nc(-c5ccc(C67CC8(c9ccc(-c%10nc%11ccc(-c%12ccc(N)c(N)c%12)cc%11[nH]%10)cc9)CC(c9ccc(-c%10nc%11ccc(-c%12ccc(N)c(N)c%12)cc%11[nH]%10)cc9)(C6)CC(c6ccc(-c9nc%10ccc(-c%11ccc%12nc(CCCCC(=O)OCC)[nH]c%12c%11)cc%10[nH]9)cc6)(C8)C7)cc5)[nH]c4c3)cc2[nH]1. The Kier molecular flexibility index (Phi) is 18.8. The smallest absolute Gasteiger partial charge is 0.305 e. The van der Waals surface area contributed by atoms with E-state index in [1.54, 1.807) is 0 Å². The summed E-state index contributed by atoms with van der Waals surface area (Å²) in [7, 11) is 0. The van der Waals surface area contributed by atoms with Crippen LogP contribution in [0.25, 0.3) is 156 Å². The van der Waals surface area contributed by atoms with Gasteiger partial charge in [-0.1, -0.05) is 152 Å². The van der Waals surface area contributed by atoms with Crippen LogP contribution in [0, 0.1) is 0 Å². The number of anilines is 4. The first-order valence-electron chi connectivity index (χ1n) is 42.7. The van der Waals surface area contributed by atoms with E-state index in [-0.39, 0.29) is 27.6 Å². The van der Waals surface area contributed by atoms with Gasteiger partial charge in [0.05, 0.1) is 109 Å². The summed E-state index contributed by atoms with van der Waals surface area (Å²) in [6.45, 7) is 5.31. The van der Waals surface area contributed by atoms with Crippen LogP contribution < -0.4 is 22.9 Å². The Bertz CT molecular complexity index is 6820. The summed E-state index contributed by atoms with van der Waals surface area (Å²) < 4.78 is 5.14. The molecule has 14 N–H and O–H groups in total. The van der Waals surface area contributed by atoms with Gasteiger partial charge >= 0.3 is 5.97 Å². The van der Waals surface area contributed by atoms with Gasteiger partial charge in [-0.05, 0) is 264 Å². The van der Waals surface area contributed by atoms with Gasteiger partial charge in [0.15, 0.2) is 0 Å². The number of hydrogen-bond donors (Lipinski definition) is 10. The monoisotopic (exact) mass is 1610 g/mol. The van der Waals surface area contributed by atoms with E-state index >= 15 is 0 Å². The zero-order valence-electron chi connectivity index (χ0n) is 68.2. The molecule has 4 saturated carbocycles. The van der Waals surface area contributed by atoms with Crippen LogP contribution in [0.5, 0.6) is 0 Å². The summed E-state index contributed by atoms with van der Waals surface area (Å²) >= 11 is 0. The van der Waals surface area contributed by atoms with Gasteiger partial charge in [0.1, 0.15) is 34.9 Å². The Hall–Kier alpha value is -14.0. The van der Waals surface area contributed by atoms with Crippen LogP contribution in [0.4, 0.5) is 22.7 Å². The number of hydrogen-bond acceptors (Lipinski definition) is 14. The number of rotatable bonds is 26. The van der Waals surface area contributed by atoms with Gasteiger partial charge < -0.3 is 57.6 Å². The molecular formula is C102H94N16O4. The molecule has 12 aromatic carbocycles. The number of imidazole rings is 6. The second-order valence-electron chi connectivity index (χ2n) is 34.3. The van der Waals surface area contributed by atoms with Crippen molar-refractivity contribution in [2.24, 2.45) is 0 Å². The highest BCUT2D eigenvalue weighted by atomic mass is 17.2. The molecule has 4 aliphatic carbocycles. The van der Waals surface area contributed by atoms with Crippen molar-refractivity contribution in [3.05, 3.63) is 277 Å². The number of ether oxygens (including phenoxy) is 1. The molecule has 0 aliphatic heterocycles. The first-order chi connectivity index (χ1) is 59.6. The highest BCUT2D eigenvalue weighted by Crippen LogP contribution is 2.75. The van der Waals surface area contributed by atoms with E-state index in [2.05, 4.69) is 236 Å². The molecule has 0 radical (unpaired) electrons. The number of benzene rings is 12. The van der Waals surface area contributed by atoms with E-state index in [4.69, 9.17) is 67.4 Å². The largest absolute Gasteiger partial charge is 0.466 e. The van der Waals surface area contributed by atoms with E-state index in [0.29, 0.717) is 49.0 Å². The summed E-state index contributed by atoms with van der Waals surface area (Å²) in [6, 6.07) is 87.8. The number of carbonyl (C=O) groups excluding carboxylic acids is 1. The third kappa shape index (κ3) is 14.0. The zero-order valence-corrected chi connectivity index (χ0v) is 68.2. The number of carbonyl (C=O) groups is 1. The summed E-state index contributed by atoms with van der Waals surface area (Å²) in [4.78, 5) is 75.1. The molecule has 6 aromatic heterocycles. The highest BCUT2D eigenvalue weighted by Gasteiger charge is 2.69. The number of aromatic nitrogens is 12. The maximum Gasteiger partial charge on any atom is 0.305 e. The van der Waals surface area contributed by atoms with E-state index in [0.717, 1.165) is 251 Å². The predicted molar refractivity (Wildman–Crippen MR) is 489 cm³/mol. The van der Waals surface area contributed by atoms with Crippen LogP contribution in [0.1, 0.15) is 125 Å². The number of H-pyrrole nitrogens is 6. The third-order valence-corrected chi connectivity index (χ3v) is 26.3. The number of esters is 1. The minimum atomic E-state index is -0.287. The lowest BCUT2D eigenvalue weighted by molar-refractivity contribution is -0.291. The topological polar surface area (TPSA) is 321 Å². The Balaban J connectivity index is 0.636. The van der Waals surface area contributed by atoms with Crippen LogP contribution in [-0.2, 0) is 53.8 Å². The molecule has 18 aromatic rings.